The van der Waals surface area contributed by atoms with Crippen LogP contribution in [-0.4, -0.2) is 45.2 Å². The Hall–Kier alpha value is -2.64. The molecule has 1 heterocycles. The fraction of sp³-hybridized carbons (Fsp3) is 0.211. The Morgan fingerprint density at radius 1 is 1.12 bits per heavy atom. The molecule has 0 unspecified atom stereocenters. The maximum Gasteiger partial charge on any atom is 0.242 e. The van der Waals surface area contributed by atoms with Gasteiger partial charge in [-0.15, -0.1) is 0 Å². The van der Waals surface area contributed by atoms with Crippen LogP contribution in [0.25, 0.3) is 22.2 Å². The second-order valence-corrected chi connectivity index (χ2v) is 8.36. The number of aryl methyl sites for hydroxylation is 1. The molecule has 26 heavy (non-hydrogen) atoms. The number of carbonyl (C=O) groups excluding carboxylic acids is 1. The van der Waals surface area contributed by atoms with Gasteiger partial charge in [0.15, 0.2) is 6.29 Å². The van der Waals surface area contributed by atoms with Crippen LogP contribution in [0.5, 0.6) is 5.75 Å². The summed E-state index contributed by atoms with van der Waals surface area (Å²) in [5, 5.41) is 0.575. The number of H-pyrrole nitrogens is 1. The molecule has 0 aliphatic rings. The molecule has 0 fully saturated rings. The first-order valence-electron chi connectivity index (χ1n) is 7.98. The predicted molar refractivity (Wildman–Crippen MR) is 101 cm³/mol. The minimum atomic E-state index is -3.58. The number of sulfonamides is 1. The lowest BCUT2D eigenvalue weighted by atomic mass is 10.0. The van der Waals surface area contributed by atoms with Crippen molar-refractivity contribution in [2.45, 2.75) is 11.8 Å². The van der Waals surface area contributed by atoms with E-state index in [1.54, 1.807) is 13.2 Å². The number of ether oxygens (including phenoxy) is 1. The van der Waals surface area contributed by atoms with Crippen molar-refractivity contribution in [2.75, 3.05) is 21.2 Å². The fourth-order valence-corrected chi connectivity index (χ4v) is 3.88. The summed E-state index contributed by atoms with van der Waals surface area (Å²) in [7, 11) is 0.978. The SMILES string of the molecule is COc1ccc(-c2[nH]c3ccc(S(=O)(=O)N(C)C)cc3c2C=O)cc1C. The van der Waals surface area contributed by atoms with Gasteiger partial charge < -0.3 is 9.72 Å². The topological polar surface area (TPSA) is 79.5 Å². The molecule has 1 aromatic heterocycles. The summed E-state index contributed by atoms with van der Waals surface area (Å²) in [4.78, 5) is 15.1. The third-order valence-electron chi connectivity index (χ3n) is 4.39. The van der Waals surface area contributed by atoms with Gasteiger partial charge >= 0.3 is 0 Å². The molecule has 0 aliphatic heterocycles. The van der Waals surface area contributed by atoms with Crippen molar-refractivity contribution in [1.29, 1.82) is 0 Å². The van der Waals surface area contributed by atoms with E-state index in [-0.39, 0.29) is 4.90 Å². The molecule has 1 N–H and O–H groups in total. The molecule has 6 nitrogen and oxygen atoms in total. The van der Waals surface area contributed by atoms with Crippen molar-refractivity contribution < 1.29 is 17.9 Å². The molecule has 0 aliphatic carbocycles. The number of fused-ring (bicyclic) bond motifs is 1. The van der Waals surface area contributed by atoms with Gasteiger partial charge in [-0.2, -0.15) is 0 Å². The lowest BCUT2D eigenvalue weighted by molar-refractivity contribution is 0.112. The molecule has 0 saturated carbocycles. The van der Waals surface area contributed by atoms with Crippen molar-refractivity contribution in [3.63, 3.8) is 0 Å². The van der Waals surface area contributed by atoms with Crippen molar-refractivity contribution >= 4 is 27.2 Å². The number of nitrogens with zero attached hydrogens (tertiary/aromatic N) is 1. The zero-order valence-electron chi connectivity index (χ0n) is 15.0. The van der Waals surface area contributed by atoms with Crippen molar-refractivity contribution in [3.8, 4) is 17.0 Å². The summed E-state index contributed by atoms with van der Waals surface area (Å²) in [6.07, 6.45) is 0.750. The van der Waals surface area contributed by atoms with Crippen LogP contribution >= 0.6 is 0 Å². The highest BCUT2D eigenvalue weighted by Crippen LogP contribution is 2.33. The molecule has 136 valence electrons. The molecule has 0 radical (unpaired) electrons. The van der Waals surface area contributed by atoms with E-state index in [4.69, 9.17) is 4.74 Å². The lowest BCUT2D eigenvalue weighted by Gasteiger charge is -2.11. The van der Waals surface area contributed by atoms with Gasteiger partial charge in [-0.3, -0.25) is 4.79 Å². The van der Waals surface area contributed by atoms with Gasteiger partial charge in [-0.25, -0.2) is 12.7 Å². The quantitative estimate of drug-likeness (QED) is 0.698. The maximum atomic E-state index is 12.4. The molecule has 2 aromatic carbocycles. The average Bonchev–Trinajstić information content (AvgIpc) is 2.99. The smallest absolute Gasteiger partial charge is 0.242 e. The lowest BCUT2D eigenvalue weighted by Crippen LogP contribution is -2.22. The van der Waals surface area contributed by atoms with Crippen LogP contribution in [0.2, 0.25) is 0 Å². The van der Waals surface area contributed by atoms with Gasteiger partial charge in [0.2, 0.25) is 10.0 Å². The summed E-state index contributed by atoms with van der Waals surface area (Å²) >= 11 is 0. The van der Waals surface area contributed by atoms with E-state index in [1.807, 2.05) is 25.1 Å². The molecule has 0 atom stereocenters. The van der Waals surface area contributed by atoms with E-state index in [1.165, 1.54) is 26.2 Å². The van der Waals surface area contributed by atoms with Gasteiger partial charge in [0.25, 0.3) is 0 Å². The second-order valence-electron chi connectivity index (χ2n) is 6.21. The molecular weight excluding hydrogens is 352 g/mol. The van der Waals surface area contributed by atoms with E-state index in [2.05, 4.69) is 4.98 Å². The van der Waals surface area contributed by atoms with E-state index < -0.39 is 10.0 Å². The number of nitrogens with one attached hydrogen (secondary N) is 1. The Morgan fingerprint density at radius 2 is 1.85 bits per heavy atom. The molecule has 0 bridgehead atoms. The molecular formula is C19H20N2O4S. The van der Waals surface area contributed by atoms with E-state index in [9.17, 15) is 13.2 Å². The standard InChI is InChI=1S/C19H20N2O4S/c1-12-9-13(5-8-18(12)25-4)19-16(11-22)15-10-14(6-7-17(15)20-19)26(23,24)21(2)3/h5-11,20H,1-4H3. The van der Waals surface area contributed by atoms with Crippen molar-refractivity contribution in [3.05, 3.63) is 47.5 Å². The zero-order valence-corrected chi connectivity index (χ0v) is 15.8. The molecule has 7 heteroatoms. The highest BCUT2D eigenvalue weighted by Gasteiger charge is 2.20. The Labute approximate surface area is 152 Å². The van der Waals surface area contributed by atoms with Crippen molar-refractivity contribution in [1.82, 2.24) is 9.29 Å². The summed E-state index contributed by atoms with van der Waals surface area (Å²) in [6.45, 7) is 1.92. The molecule has 0 amide bonds. The fourth-order valence-electron chi connectivity index (χ4n) is 2.95. The summed E-state index contributed by atoms with van der Waals surface area (Å²) in [6, 6.07) is 10.4. The number of rotatable bonds is 5. The first kappa shape index (κ1) is 18.2. The average molecular weight is 372 g/mol. The van der Waals surface area contributed by atoms with Crippen molar-refractivity contribution in [2.24, 2.45) is 0 Å². The van der Waals surface area contributed by atoms with Gasteiger partial charge in [0.1, 0.15) is 5.75 Å². The van der Waals surface area contributed by atoms with Gasteiger partial charge in [-0.05, 0) is 54.4 Å². The summed E-state index contributed by atoms with van der Waals surface area (Å²) < 4.78 is 31.2. The van der Waals surface area contributed by atoms with Crippen LogP contribution < -0.4 is 4.74 Å². The van der Waals surface area contributed by atoms with E-state index in [0.29, 0.717) is 22.2 Å². The normalized spacial score (nSPS) is 11.9. The summed E-state index contributed by atoms with van der Waals surface area (Å²) in [5.74, 6) is 0.761. The predicted octanol–water partition coefficient (Wildman–Crippen LogP) is 3.21. The number of aromatic nitrogens is 1. The minimum Gasteiger partial charge on any atom is -0.496 e. The number of aldehydes is 1. The Bertz CT molecular complexity index is 1100. The highest BCUT2D eigenvalue weighted by molar-refractivity contribution is 7.89. The molecule has 3 aromatic rings. The van der Waals surface area contributed by atoms with Crippen LogP contribution in [0.4, 0.5) is 0 Å². The third kappa shape index (κ3) is 2.89. The van der Waals surface area contributed by atoms with Gasteiger partial charge in [0, 0.05) is 30.6 Å². The van der Waals surface area contributed by atoms with E-state index in [0.717, 1.165) is 27.5 Å². The Morgan fingerprint density at radius 3 is 2.42 bits per heavy atom. The summed E-state index contributed by atoms with van der Waals surface area (Å²) in [5.41, 5.74) is 3.56. The van der Waals surface area contributed by atoms with E-state index >= 15 is 0 Å². The van der Waals surface area contributed by atoms with Crippen LogP contribution in [0.15, 0.2) is 41.3 Å². The number of carbonyl (C=O) groups is 1. The minimum absolute atomic E-state index is 0.148. The maximum absolute atomic E-state index is 12.4. The monoisotopic (exact) mass is 372 g/mol. The molecule has 0 saturated heterocycles. The van der Waals surface area contributed by atoms with Crippen LogP contribution in [0.1, 0.15) is 15.9 Å². The zero-order chi connectivity index (χ0) is 19.1. The van der Waals surface area contributed by atoms with Crippen LogP contribution in [0, 0.1) is 6.92 Å². The van der Waals surface area contributed by atoms with Gasteiger partial charge in [-0.1, -0.05) is 0 Å². The van der Waals surface area contributed by atoms with Crippen LogP contribution in [-0.2, 0) is 10.0 Å². The van der Waals surface area contributed by atoms with Gasteiger partial charge in [0.05, 0.1) is 17.7 Å². The second kappa shape index (κ2) is 6.59. The molecule has 3 rings (SSSR count). The largest absolute Gasteiger partial charge is 0.496 e. The highest BCUT2D eigenvalue weighted by atomic mass is 32.2. The number of hydrogen-bond donors (Lipinski definition) is 1. The third-order valence-corrected chi connectivity index (χ3v) is 6.20. The number of hydrogen-bond acceptors (Lipinski definition) is 4. The number of benzene rings is 2. The first-order chi connectivity index (χ1) is 12.3. The Kier molecular flexibility index (Phi) is 4.60. The first-order valence-corrected chi connectivity index (χ1v) is 9.42. The Balaban J connectivity index is 2.23. The number of methoxy groups -OCH3 is 1. The number of aromatic amines is 1. The van der Waals surface area contributed by atoms with Crippen LogP contribution in [0.3, 0.4) is 0 Å². The molecule has 0 spiro atoms.